The summed E-state index contributed by atoms with van der Waals surface area (Å²) in [6.45, 7) is -0.683. The lowest BCUT2D eigenvalue weighted by Crippen LogP contribution is -2.41. The molecule has 1 aromatic rings. The van der Waals surface area contributed by atoms with Gasteiger partial charge in [-0.3, -0.25) is 9.59 Å². The second-order valence-electron chi connectivity index (χ2n) is 4.74. The first kappa shape index (κ1) is 16.9. The Hall–Kier alpha value is -2.45. The summed E-state index contributed by atoms with van der Waals surface area (Å²) in [4.78, 5) is 23.2. The standard InChI is InChI=1S/C14H14F3NO5/c1-21-12(19)4-5-18(13(20)14(15,16)17)7-9-2-3-10-11(6-9)23-8-22-10/h2-3,6H,4-5,7-8H2,1H3. The molecule has 0 spiro atoms. The van der Waals surface area contributed by atoms with E-state index in [0.29, 0.717) is 22.0 Å². The number of hydrogen-bond acceptors (Lipinski definition) is 5. The summed E-state index contributed by atoms with van der Waals surface area (Å²) < 4.78 is 52.7. The van der Waals surface area contributed by atoms with Crippen LogP contribution in [0, 0.1) is 0 Å². The SMILES string of the molecule is COC(=O)CCN(Cc1ccc2c(c1)OCO2)C(=O)C(F)(F)F. The monoisotopic (exact) mass is 333 g/mol. The smallest absolute Gasteiger partial charge is 0.469 e. The maximum absolute atomic E-state index is 12.7. The van der Waals surface area contributed by atoms with Crippen molar-refractivity contribution in [3.05, 3.63) is 23.8 Å². The van der Waals surface area contributed by atoms with Crippen LogP contribution >= 0.6 is 0 Å². The topological polar surface area (TPSA) is 65.1 Å². The second-order valence-corrected chi connectivity index (χ2v) is 4.74. The van der Waals surface area contributed by atoms with Crippen molar-refractivity contribution in [2.75, 3.05) is 20.4 Å². The highest BCUT2D eigenvalue weighted by Gasteiger charge is 2.42. The maximum Gasteiger partial charge on any atom is 0.471 e. The van der Waals surface area contributed by atoms with Crippen LogP contribution in [0.5, 0.6) is 11.5 Å². The van der Waals surface area contributed by atoms with E-state index < -0.39 is 24.6 Å². The molecule has 1 aliphatic rings. The van der Waals surface area contributed by atoms with Gasteiger partial charge in [0.1, 0.15) is 0 Å². The van der Waals surface area contributed by atoms with Gasteiger partial charge in [-0.1, -0.05) is 6.07 Å². The quantitative estimate of drug-likeness (QED) is 0.770. The number of ether oxygens (including phenoxy) is 3. The van der Waals surface area contributed by atoms with Crippen LogP contribution in [-0.2, 0) is 20.9 Å². The molecule has 9 heteroatoms. The van der Waals surface area contributed by atoms with Gasteiger partial charge in [0, 0.05) is 13.1 Å². The van der Waals surface area contributed by atoms with Crippen LogP contribution in [0.15, 0.2) is 18.2 Å². The molecule has 126 valence electrons. The Morgan fingerprint density at radius 3 is 2.61 bits per heavy atom. The fourth-order valence-corrected chi connectivity index (χ4v) is 2.02. The molecular weight excluding hydrogens is 319 g/mol. The summed E-state index contributed by atoms with van der Waals surface area (Å²) in [5.41, 5.74) is 0.428. The number of halogens is 3. The number of methoxy groups -OCH3 is 1. The summed E-state index contributed by atoms with van der Waals surface area (Å²) in [5, 5.41) is 0. The molecule has 1 heterocycles. The molecule has 23 heavy (non-hydrogen) atoms. The number of benzene rings is 1. The molecule has 0 aliphatic carbocycles. The number of fused-ring (bicyclic) bond motifs is 1. The van der Waals surface area contributed by atoms with E-state index in [9.17, 15) is 22.8 Å². The number of carbonyl (C=O) groups excluding carboxylic acids is 2. The van der Waals surface area contributed by atoms with Crippen molar-refractivity contribution in [2.45, 2.75) is 19.1 Å². The van der Waals surface area contributed by atoms with Gasteiger partial charge in [-0.25, -0.2) is 0 Å². The van der Waals surface area contributed by atoms with Crippen molar-refractivity contribution < 1.29 is 37.0 Å². The van der Waals surface area contributed by atoms with Crippen LogP contribution in [0.25, 0.3) is 0 Å². The number of rotatable bonds is 5. The van der Waals surface area contributed by atoms with Crippen molar-refractivity contribution in [1.82, 2.24) is 4.90 Å². The van der Waals surface area contributed by atoms with E-state index in [1.165, 1.54) is 12.1 Å². The lowest BCUT2D eigenvalue weighted by Gasteiger charge is -2.23. The zero-order chi connectivity index (χ0) is 17.0. The van der Waals surface area contributed by atoms with Gasteiger partial charge in [0.05, 0.1) is 13.5 Å². The fraction of sp³-hybridized carbons (Fsp3) is 0.429. The molecule has 0 atom stereocenters. The zero-order valence-electron chi connectivity index (χ0n) is 12.2. The molecule has 0 N–H and O–H groups in total. The minimum atomic E-state index is -5.02. The lowest BCUT2D eigenvalue weighted by atomic mass is 10.2. The normalized spacial score (nSPS) is 12.9. The second kappa shape index (κ2) is 6.76. The number of alkyl halides is 3. The van der Waals surface area contributed by atoms with E-state index in [4.69, 9.17) is 9.47 Å². The third-order valence-corrected chi connectivity index (χ3v) is 3.15. The summed E-state index contributed by atoms with van der Waals surface area (Å²) in [6.07, 6.45) is -5.35. The molecule has 1 amide bonds. The van der Waals surface area contributed by atoms with Gasteiger partial charge in [-0.15, -0.1) is 0 Å². The van der Waals surface area contributed by atoms with Crippen molar-refractivity contribution in [2.24, 2.45) is 0 Å². The predicted octanol–water partition coefficient (Wildman–Crippen LogP) is 1.87. The minimum Gasteiger partial charge on any atom is -0.469 e. The number of esters is 1. The van der Waals surface area contributed by atoms with Crippen molar-refractivity contribution in [3.8, 4) is 11.5 Å². The number of hydrogen-bond donors (Lipinski definition) is 0. The maximum atomic E-state index is 12.7. The zero-order valence-corrected chi connectivity index (χ0v) is 12.2. The van der Waals surface area contributed by atoms with E-state index in [2.05, 4.69) is 4.74 Å². The Morgan fingerprint density at radius 1 is 1.26 bits per heavy atom. The third kappa shape index (κ3) is 4.27. The molecule has 1 aliphatic heterocycles. The molecule has 0 bridgehead atoms. The summed E-state index contributed by atoms with van der Waals surface area (Å²) >= 11 is 0. The largest absolute Gasteiger partial charge is 0.471 e. The van der Waals surface area contributed by atoms with Crippen LogP contribution in [0.1, 0.15) is 12.0 Å². The van der Waals surface area contributed by atoms with Gasteiger partial charge in [-0.05, 0) is 17.7 Å². The number of amides is 1. The van der Waals surface area contributed by atoms with Crippen molar-refractivity contribution >= 4 is 11.9 Å². The summed E-state index contributed by atoms with van der Waals surface area (Å²) in [6, 6.07) is 4.58. The van der Waals surface area contributed by atoms with Crippen LogP contribution < -0.4 is 9.47 Å². The number of carbonyl (C=O) groups is 2. The fourth-order valence-electron chi connectivity index (χ4n) is 2.02. The van der Waals surface area contributed by atoms with E-state index in [1.54, 1.807) is 6.07 Å². The predicted molar refractivity (Wildman–Crippen MR) is 70.7 cm³/mol. The van der Waals surface area contributed by atoms with Gasteiger partial charge in [0.25, 0.3) is 0 Å². The van der Waals surface area contributed by atoms with Crippen LogP contribution in [0.2, 0.25) is 0 Å². The highest BCUT2D eigenvalue weighted by Crippen LogP contribution is 2.33. The Labute approximate surface area is 129 Å². The van der Waals surface area contributed by atoms with E-state index in [-0.39, 0.29) is 19.8 Å². The Kier molecular flexibility index (Phi) is 4.97. The number of nitrogens with zero attached hydrogens (tertiary/aromatic N) is 1. The Balaban J connectivity index is 2.13. The van der Waals surface area contributed by atoms with Gasteiger partial charge in [0.15, 0.2) is 11.5 Å². The molecule has 2 rings (SSSR count). The lowest BCUT2D eigenvalue weighted by molar-refractivity contribution is -0.186. The third-order valence-electron chi connectivity index (χ3n) is 3.15. The molecule has 1 aromatic carbocycles. The van der Waals surface area contributed by atoms with E-state index in [1.807, 2.05) is 0 Å². The van der Waals surface area contributed by atoms with Gasteiger partial charge in [0.2, 0.25) is 6.79 Å². The average Bonchev–Trinajstić information content (AvgIpc) is 2.96. The first-order valence-electron chi connectivity index (χ1n) is 6.62. The van der Waals surface area contributed by atoms with Crippen molar-refractivity contribution in [3.63, 3.8) is 0 Å². The highest BCUT2D eigenvalue weighted by atomic mass is 19.4. The molecule has 0 saturated heterocycles. The summed E-state index contributed by atoms with van der Waals surface area (Å²) in [5.74, 6) is -1.83. The van der Waals surface area contributed by atoms with Crippen molar-refractivity contribution in [1.29, 1.82) is 0 Å². The molecule has 0 fully saturated rings. The van der Waals surface area contributed by atoms with Gasteiger partial charge >= 0.3 is 18.1 Å². The van der Waals surface area contributed by atoms with Crippen LogP contribution in [-0.4, -0.2) is 43.4 Å². The molecule has 0 unspecified atom stereocenters. The first-order chi connectivity index (χ1) is 10.8. The average molecular weight is 333 g/mol. The highest BCUT2D eigenvalue weighted by molar-refractivity contribution is 5.82. The van der Waals surface area contributed by atoms with Crippen LogP contribution in [0.3, 0.4) is 0 Å². The minimum absolute atomic E-state index is 0.0341. The van der Waals surface area contributed by atoms with Gasteiger partial charge < -0.3 is 19.1 Å². The van der Waals surface area contributed by atoms with E-state index >= 15 is 0 Å². The Morgan fingerprint density at radius 2 is 1.96 bits per heavy atom. The molecule has 0 aromatic heterocycles. The molecule has 0 radical (unpaired) electrons. The molecular formula is C14H14F3NO5. The molecule has 6 nitrogen and oxygen atoms in total. The van der Waals surface area contributed by atoms with Crippen LogP contribution in [0.4, 0.5) is 13.2 Å². The van der Waals surface area contributed by atoms with Gasteiger partial charge in [-0.2, -0.15) is 13.2 Å². The van der Waals surface area contributed by atoms with E-state index in [0.717, 1.165) is 7.11 Å². The first-order valence-corrected chi connectivity index (χ1v) is 6.62. The Bertz CT molecular complexity index is 603. The molecule has 0 saturated carbocycles. The summed E-state index contributed by atoms with van der Waals surface area (Å²) in [7, 11) is 1.12.